The quantitative estimate of drug-likeness (QED) is 0.144. The van der Waals surface area contributed by atoms with E-state index in [-0.39, 0.29) is 6.09 Å². The van der Waals surface area contributed by atoms with E-state index in [1.165, 1.54) is 5.69 Å². The molecule has 3 aromatic carbocycles. The topological polar surface area (TPSA) is 85.2 Å². The van der Waals surface area contributed by atoms with Crippen molar-refractivity contribution in [1.29, 1.82) is 0 Å². The number of ether oxygens (including phenoxy) is 3. The van der Waals surface area contributed by atoms with Crippen molar-refractivity contribution in [2.24, 2.45) is 13.0 Å². The molecule has 0 aliphatic carbocycles. The fourth-order valence-corrected chi connectivity index (χ4v) is 7.36. The van der Waals surface area contributed by atoms with Crippen LogP contribution in [0.15, 0.2) is 91.0 Å². The van der Waals surface area contributed by atoms with Crippen molar-refractivity contribution in [2.45, 2.75) is 65.4 Å². The van der Waals surface area contributed by atoms with E-state index in [2.05, 4.69) is 34.9 Å². The number of anilines is 1. The Kier molecular flexibility index (Phi) is 10.9. The van der Waals surface area contributed by atoms with E-state index in [1.54, 1.807) is 0 Å². The number of hydrogen-bond donors (Lipinski definition) is 0. The first-order valence-corrected chi connectivity index (χ1v) is 18.9. The summed E-state index contributed by atoms with van der Waals surface area (Å²) in [6.07, 6.45) is 2.07. The summed E-state index contributed by atoms with van der Waals surface area (Å²) in [6.45, 7) is 14.2. The minimum Gasteiger partial charge on any atom is -0.473 e. The van der Waals surface area contributed by atoms with Gasteiger partial charge in [0, 0.05) is 69.5 Å². The average molecular weight is 717 g/mol. The van der Waals surface area contributed by atoms with Gasteiger partial charge >= 0.3 is 6.09 Å². The standard InChI is InChI=1S/C43H52N6O4/c1-31-27-49(42(50)53-43(2,3)4)25-24-48(31)28-32-20-22-47(23-21-32)35-16-17-36-38(26-35)46(5)45-40(36)37-18-19-39(51-29-33-12-8-6-9-13-33)44-41(37)52-30-34-14-10-7-11-15-34/h6-19,26,31-32H,20-25,27-30H2,1-5H3/t31-/m1/s1. The summed E-state index contributed by atoms with van der Waals surface area (Å²) in [5.41, 5.74) is 5.60. The first-order chi connectivity index (χ1) is 25.6. The number of carbonyl (C=O) groups is 1. The molecular weight excluding hydrogens is 665 g/mol. The molecule has 0 bridgehead atoms. The maximum atomic E-state index is 12.6. The monoisotopic (exact) mass is 716 g/mol. The molecule has 10 heteroatoms. The largest absolute Gasteiger partial charge is 0.473 e. The molecule has 2 aromatic heterocycles. The maximum absolute atomic E-state index is 12.6. The van der Waals surface area contributed by atoms with Crippen LogP contribution in [0.5, 0.6) is 11.8 Å². The van der Waals surface area contributed by atoms with Crippen LogP contribution in [0.1, 0.15) is 51.7 Å². The smallest absolute Gasteiger partial charge is 0.410 e. The molecule has 10 nitrogen and oxygen atoms in total. The van der Waals surface area contributed by atoms with Gasteiger partial charge in [-0.1, -0.05) is 60.7 Å². The summed E-state index contributed by atoms with van der Waals surface area (Å²) in [7, 11) is 2.00. The molecule has 0 radical (unpaired) electrons. The van der Waals surface area contributed by atoms with Gasteiger partial charge in [0.15, 0.2) is 0 Å². The molecule has 2 aliphatic heterocycles. The van der Waals surface area contributed by atoms with Crippen LogP contribution in [0.2, 0.25) is 0 Å². The number of hydrogen-bond acceptors (Lipinski definition) is 8. The first-order valence-electron chi connectivity index (χ1n) is 18.9. The van der Waals surface area contributed by atoms with E-state index < -0.39 is 5.60 Å². The number of rotatable bonds is 10. The maximum Gasteiger partial charge on any atom is 0.410 e. The Labute approximate surface area is 313 Å². The number of pyridine rings is 1. The van der Waals surface area contributed by atoms with E-state index in [0.29, 0.717) is 50.0 Å². The summed E-state index contributed by atoms with van der Waals surface area (Å²) >= 11 is 0. The highest BCUT2D eigenvalue weighted by Crippen LogP contribution is 2.37. The van der Waals surface area contributed by atoms with Crippen LogP contribution in [-0.4, -0.2) is 81.6 Å². The summed E-state index contributed by atoms with van der Waals surface area (Å²) in [6, 6.07) is 31.1. The van der Waals surface area contributed by atoms with Gasteiger partial charge in [-0.15, -0.1) is 0 Å². The predicted molar refractivity (Wildman–Crippen MR) is 209 cm³/mol. The van der Waals surface area contributed by atoms with Gasteiger partial charge in [0.1, 0.15) is 24.5 Å². The molecule has 1 amide bonds. The SMILES string of the molecule is C[C@@H]1CN(C(=O)OC(C)(C)C)CCN1CC1CCN(c2ccc3c(-c4ccc(OCc5ccccc5)nc4OCc4ccccc4)nn(C)c3c2)CC1. The molecule has 2 saturated heterocycles. The lowest BCUT2D eigenvalue weighted by Gasteiger charge is -2.43. The molecular formula is C43H52N6O4. The predicted octanol–water partition coefficient (Wildman–Crippen LogP) is 7.95. The van der Waals surface area contributed by atoms with E-state index in [4.69, 9.17) is 24.3 Å². The van der Waals surface area contributed by atoms with Crippen molar-refractivity contribution in [1.82, 2.24) is 24.6 Å². The number of aromatic nitrogens is 3. The second-order valence-corrected chi connectivity index (χ2v) is 15.4. The minimum atomic E-state index is -0.474. The van der Waals surface area contributed by atoms with Crippen LogP contribution in [-0.2, 0) is 25.0 Å². The third kappa shape index (κ3) is 8.93. The number of aryl methyl sites for hydroxylation is 1. The highest BCUT2D eigenvalue weighted by molar-refractivity contribution is 5.96. The van der Waals surface area contributed by atoms with Crippen molar-refractivity contribution in [3.63, 3.8) is 0 Å². The van der Waals surface area contributed by atoms with Gasteiger partial charge in [-0.05, 0) is 81.8 Å². The third-order valence-electron chi connectivity index (χ3n) is 10.3. The van der Waals surface area contributed by atoms with E-state index in [9.17, 15) is 4.79 Å². The fourth-order valence-electron chi connectivity index (χ4n) is 7.36. The second-order valence-electron chi connectivity index (χ2n) is 15.4. The zero-order valence-corrected chi connectivity index (χ0v) is 31.7. The first kappa shape index (κ1) is 36.3. The number of nitrogens with zero attached hydrogens (tertiary/aromatic N) is 6. The highest BCUT2D eigenvalue weighted by Gasteiger charge is 2.32. The Balaban J connectivity index is 1.02. The fraction of sp³-hybridized carbons (Fsp3) is 0.419. The zero-order chi connectivity index (χ0) is 37.0. The van der Waals surface area contributed by atoms with Crippen LogP contribution in [0.4, 0.5) is 10.5 Å². The Morgan fingerprint density at radius 3 is 2.17 bits per heavy atom. The normalized spacial score (nSPS) is 17.3. The van der Waals surface area contributed by atoms with Crippen molar-refractivity contribution in [3.8, 4) is 23.0 Å². The molecule has 0 spiro atoms. The van der Waals surface area contributed by atoms with Crippen molar-refractivity contribution in [2.75, 3.05) is 44.2 Å². The van der Waals surface area contributed by atoms with Crippen LogP contribution in [0.3, 0.4) is 0 Å². The summed E-state index contributed by atoms with van der Waals surface area (Å²) in [5.74, 6) is 1.63. The van der Waals surface area contributed by atoms with Crippen LogP contribution < -0.4 is 14.4 Å². The molecule has 53 heavy (non-hydrogen) atoms. The van der Waals surface area contributed by atoms with Gasteiger partial charge < -0.3 is 24.0 Å². The lowest BCUT2D eigenvalue weighted by Crippen LogP contribution is -2.55. The molecule has 0 unspecified atom stereocenters. The van der Waals surface area contributed by atoms with Gasteiger partial charge in [-0.3, -0.25) is 9.58 Å². The lowest BCUT2D eigenvalue weighted by atomic mass is 9.94. The molecule has 4 heterocycles. The molecule has 5 aromatic rings. The molecule has 1 atom stereocenters. The average Bonchev–Trinajstić information content (AvgIpc) is 3.49. The molecule has 278 valence electrons. The van der Waals surface area contributed by atoms with E-state index in [1.807, 2.05) is 110 Å². The molecule has 2 fully saturated rings. The Morgan fingerprint density at radius 2 is 1.51 bits per heavy atom. The zero-order valence-electron chi connectivity index (χ0n) is 31.7. The van der Waals surface area contributed by atoms with Crippen molar-refractivity contribution in [3.05, 3.63) is 102 Å². The highest BCUT2D eigenvalue weighted by atomic mass is 16.6. The Bertz CT molecular complexity index is 1990. The number of fused-ring (bicyclic) bond motifs is 1. The second kappa shape index (κ2) is 15.9. The van der Waals surface area contributed by atoms with Gasteiger partial charge in [0.25, 0.3) is 0 Å². The van der Waals surface area contributed by atoms with Crippen LogP contribution in [0.25, 0.3) is 22.2 Å². The number of piperidine rings is 1. The number of carbonyl (C=O) groups excluding carboxylic acids is 1. The molecule has 7 rings (SSSR count). The van der Waals surface area contributed by atoms with Gasteiger partial charge in [0.05, 0.1) is 11.1 Å². The van der Waals surface area contributed by atoms with Gasteiger partial charge in [-0.2, -0.15) is 10.1 Å². The molecule has 0 N–H and O–H groups in total. The van der Waals surface area contributed by atoms with Crippen LogP contribution >= 0.6 is 0 Å². The van der Waals surface area contributed by atoms with Gasteiger partial charge in [0.2, 0.25) is 11.8 Å². The van der Waals surface area contributed by atoms with E-state index >= 15 is 0 Å². The van der Waals surface area contributed by atoms with Crippen molar-refractivity contribution >= 4 is 22.7 Å². The Hall–Kier alpha value is -5.09. The molecule has 2 aliphatic rings. The van der Waals surface area contributed by atoms with Crippen LogP contribution in [0, 0.1) is 5.92 Å². The Morgan fingerprint density at radius 1 is 0.830 bits per heavy atom. The molecule has 0 saturated carbocycles. The lowest BCUT2D eigenvalue weighted by molar-refractivity contribution is 0.00308. The summed E-state index contributed by atoms with van der Waals surface area (Å²) in [5, 5.41) is 6.05. The summed E-state index contributed by atoms with van der Waals surface area (Å²) < 4.78 is 20.0. The third-order valence-corrected chi connectivity index (χ3v) is 10.3. The van der Waals surface area contributed by atoms with E-state index in [0.717, 1.165) is 72.3 Å². The number of benzene rings is 3. The number of amides is 1. The number of piperazine rings is 1. The summed E-state index contributed by atoms with van der Waals surface area (Å²) in [4.78, 5) is 24.4. The van der Waals surface area contributed by atoms with Crippen molar-refractivity contribution < 1.29 is 19.0 Å². The van der Waals surface area contributed by atoms with Gasteiger partial charge in [-0.25, -0.2) is 4.79 Å². The minimum absolute atomic E-state index is 0.203.